The van der Waals surface area contributed by atoms with Gasteiger partial charge in [0.05, 0.1) is 7.11 Å². The highest BCUT2D eigenvalue weighted by Gasteiger charge is 2.18. The second-order valence-corrected chi connectivity index (χ2v) is 8.20. The quantitative estimate of drug-likeness (QED) is 0.435. The first-order valence-electron chi connectivity index (χ1n) is 9.02. The van der Waals surface area contributed by atoms with Gasteiger partial charge in [-0.15, -0.1) is 16.9 Å². The SMILES string of the molecule is COc1cccc2cc(C(=O)Nc3nnc(-c4cccc(SC(C)C)c4)o3)oc12. The molecule has 0 aliphatic rings. The van der Waals surface area contributed by atoms with Gasteiger partial charge in [0.2, 0.25) is 5.89 Å². The smallest absolute Gasteiger partial charge is 0.322 e. The largest absolute Gasteiger partial charge is 0.493 e. The third kappa shape index (κ3) is 4.12. The summed E-state index contributed by atoms with van der Waals surface area (Å²) in [6, 6.07) is 14.9. The molecule has 0 spiro atoms. The van der Waals surface area contributed by atoms with Crippen molar-refractivity contribution in [2.24, 2.45) is 0 Å². The van der Waals surface area contributed by atoms with Crippen LogP contribution in [0.4, 0.5) is 6.01 Å². The van der Waals surface area contributed by atoms with Crippen LogP contribution in [0.15, 0.2) is 62.3 Å². The molecule has 29 heavy (non-hydrogen) atoms. The predicted octanol–water partition coefficient (Wildman–Crippen LogP) is 5.24. The first-order chi connectivity index (χ1) is 14.0. The maximum atomic E-state index is 12.5. The van der Waals surface area contributed by atoms with Crippen molar-refractivity contribution in [1.82, 2.24) is 10.2 Å². The average molecular weight is 409 g/mol. The number of carbonyl (C=O) groups excluding carboxylic acids is 1. The summed E-state index contributed by atoms with van der Waals surface area (Å²) in [6.45, 7) is 4.26. The molecule has 0 aliphatic carbocycles. The van der Waals surface area contributed by atoms with Crippen LogP contribution in [0.1, 0.15) is 24.4 Å². The summed E-state index contributed by atoms with van der Waals surface area (Å²) < 4.78 is 16.5. The molecule has 1 amide bonds. The summed E-state index contributed by atoms with van der Waals surface area (Å²) in [7, 11) is 1.55. The van der Waals surface area contributed by atoms with E-state index in [1.807, 2.05) is 36.4 Å². The van der Waals surface area contributed by atoms with E-state index >= 15 is 0 Å². The Hall–Kier alpha value is -3.26. The van der Waals surface area contributed by atoms with Crippen molar-refractivity contribution in [2.75, 3.05) is 12.4 Å². The molecule has 0 bridgehead atoms. The number of methoxy groups -OCH3 is 1. The Bertz CT molecular complexity index is 1170. The molecule has 148 valence electrons. The number of carbonyl (C=O) groups is 1. The highest BCUT2D eigenvalue weighted by Crippen LogP contribution is 2.30. The normalized spacial score (nSPS) is 11.2. The predicted molar refractivity (Wildman–Crippen MR) is 111 cm³/mol. The number of amides is 1. The van der Waals surface area contributed by atoms with E-state index in [4.69, 9.17) is 13.6 Å². The number of para-hydroxylation sites is 1. The Labute approximate surface area is 171 Å². The summed E-state index contributed by atoms with van der Waals surface area (Å²) in [5.74, 6) is 0.528. The lowest BCUT2D eigenvalue weighted by Crippen LogP contribution is -2.10. The number of benzene rings is 2. The second kappa shape index (κ2) is 8.00. The number of anilines is 1. The number of aromatic nitrogens is 2. The minimum atomic E-state index is -0.484. The van der Waals surface area contributed by atoms with Crippen LogP contribution in [0, 0.1) is 0 Å². The number of nitrogens with one attached hydrogen (secondary N) is 1. The minimum Gasteiger partial charge on any atom is -0.493 e. The topological polar surface area (TPSA) is 90.4 Å². The fourth-order valence-electron chi connectivity index (χ4n) is 2.83. The molecule has 2 aromatic heterocycles. The number of thioether (sulfide) groups is 1. The van der Waals surface area contributed by atoms with Gasteiger partial charge in [-0.05, 0) is 30.3 Å². The molecule has 8 heteroatoms. The van der Waals surface area contributed by atoms with Crippen LogP contribution in [-0.2, 0) is 0 Å². The summed E-state index contributed by atoms with van der Waals surface area (Å²) in [5, 5.41) is 11.7. The van der Waals surface area contributed by atoms with Gasteiger partial charge in [0.1, 0.15) is 0 Å². The molecule has 0 atom stereocenters. The summed E-state index contributed by atoms with van der Waals surface area (Å²) in [6.07, 6.45) is 0. The lowest BCUT2D eigenvalue weighted by atomic mass is 10.2. The summed E-state index contributed by atoms with van der Waals surface area (Å²) >= 11 is 1.74. The van der Waals surface area contributed by atoms with E-state index in [1.165, 1.54) is 0 Å². The molecular formula is C21H19N3O4S. The third-order valence-electron chi connectivity index (χ3n) is 4.05. The van der Waals surface area contributed by atoms with Crippen LogP contribution >= 0.6 is 11.8 Å². The van der Waals surface area contributed by atoms with Gasteiger partial charge in [0.25, 0.3) is 5.91 Å². The number of furan rings is 1. The second-order valence-electron chi connectivity index (χ2n) is 6.55. The molecule has 4 rings (SSSR count). The van der Waals surface area contributed by atoms with Crippen molar-refractivity contribution in [1.29, 1.82) is 0 Å². The van der Waals surface area contributed by atoms with Crippen LogP contribution in [0.3, 0.4) is 0 Å². The van der Waals surface area contributed by atoms with Gasteiger partial charge >= 0.3 is 6.01 Å². The Morgan fingerprint density at radius 1 is 1.10 bits per heavy atom. The molecule has 2 aromatic carbocycles. The Kier molecular flexibility index (Phi) is 5.26. The lowest BCUT2D eigenvalue weighted by molar-refractivity contribution is 0.0995. The standard InChI is InChI=1S/C21H19N3O4S/c1-12(2)29-15-8-4-7-14(10-15)20-23-24-21(28-20)22-19(25)17-11-13-6-5-9-16(26-3)18(13)27-17/h4-12H,1-3H3,(H,22,24,25). The highest BCUT2D eigenvalue weighted by molar-refractivity contribution is 7.99. The van der Waals surface area contributed by atoms with Crippen molar-refractivity contribution in [3.63, 3.8) is 0 Å². The van der Waals surface area contributed by atoms with E-state index in [-0.39, 0.29) is 11.8 Å². The molecule has 0 unspecified atom stereocenters. The molecule has 0 fully saturated rings. The average Bonchev–Trinajstić information content (AvgIpc) is 3.34. The van der Waals surface area contributed by atoms with E-state index < -0.39 is 5.91 Å². The van der Waals surface area contributed by atoms with Gasteiger partial charge in [-0.25, -0.2) is 0 Å². The molecule has 0 radical (unpaired) electrons. The zero-order valence-corrected chi connectivity index (χ0v) is 16.9. The van der Waals surface area contributed by atoms with Crippen molar-refractivity contribution >= 4 is 34.7 Å². The molecule has 1 N–H and O–H groups in total. The maximum Gasteiger partial charge on any atom is 0.322 e. The monoisotopic (exact) mass is 409 g/mol. The van der Waals surface area contributed by atoms with Crippen LogP contribution in [-0.4, -0.2) is 28.5 Å². The van der Waals surface area contributed by atoms with E-state index in [1.54, 1.807) is 31.0 Å². The zero-order valence-electron chi connectivity index (χ0n) is 16.1. The number of hydrogen-bond donors (Lipinski definition) is 1. The van der Waals surface area contributed by atoms with Crippen LogP contribution in [0.25, 0.3) is 22.4 Å². The number of hydrogen-bond acceptors (Lipinski definition) is 7. The number of rotatable bonds is 6. The van der Waals surface area contributed by atoms with Crippen LogP contribution < -0.4 is 10.1 Å². The first-order valence-corrected chi connectivity index (χ1v) is 9.90. The molecule has 4 aromatic rings. The number of nitrogens with zero attached hydrogens (tertiary/aromatic N) is 2. The maximum absolute atomic E-state index is 12.5. The Morgan fingerprint density at radius 3 is 2.72 bits per heavy atom. The molecule has 0 saturated heterocycles. The number of ether oxygens (including phenoxy) is 1. The van der Waals surface area contributed by atoms with Crippen molar-refractivity contribution in [3.05, 3.63) is 54.3 Å². The number of fused-ring (bicyclic) bond motifs is 1. The summed E-state index contributed by atoms with van der Waals surface area (Å²) in [4.78, 5) is 13.6. The van der Waals surface area contributed by atoms with Gasteiger partial charge in [-0.1, -0.05) is 37.1 Å². The molecular weight excluding hydrogens is 390 g/mol. The minimum absolute atomic E-state index is 0.000614. The lowest BCUT2D eigenvalue weighted by Gasteiger charge is -2.05. The van der Waals surface area contributed by atoms with E-state index in [9.17, 15) is 4.79 Å². The van der Waals surface area contributed by atoms with Gasteiger partial charge in [-0.3, -0.25) is 10.1 Å². The Morgan fingerprint density at radius 2 is 1.93 bits per heavy atom. The van der Waals surface area contributed by atoms with Gasteiger partial charge in [0.15, 0.2) is 17.1 Å². The van der Waals surface area contributed by atoms with Crippen molar-refractivity contribution in [3.8, 4) is 17.2 Å². The van der Waals surface area contributed by atoms with Crippen LogP contribution in [0.2, 0.25) is 0 Å². The molecule has 2 heterocycles. The van der Waals surface area contributed by atoms with Crippen LogP contribution in [0.5, 0.6) is 5.75 Å². The fourth-order valence-corrected chi connectivity index (χ4v) is 3.73. The van der Waals surface area contributed by atoms with Gasteiger partial charge in [0, 0.05) is 21.1 Å². The van der Waals surface area contributed by atoms with Crippen molar-refractivity contribution in [2.45, 2.75) is 24.0 Å². The van der Waals surface area contributed by atoms with E-state index in [0.29, 0.717) is 22.5 Å². The van der Waals surface area contributed by atoms with Gasteiger partial charge < -0.3 is 13.6 Å². The van der Waals surface area contributed by atoms with Crippen molar-refractivity contribution < 1.29 is 18.4 Å². The molecule has 0 aliphatic heterocycles. The van der Waals surface area contributed by atoms with E-state index in [0.717, 1.165) is 15.8 Å². The van der Waals surface area contributed by atoms with E-state index in [2.05, 4.69) is 29.4 Å². The first kappa shape index (κ1) is 19.1. The Balaban J connectivity index is 1.53. The molecule has 0 saturated carbocycles. The summed E-state index contributed by atoms with van der Waals surface area (Å²) in [5.41, 5.74) is 1.29. The van der Waals surface area contributed by atoms with Gasteiger partial charge in [-0.2, -0.15) is 0 Å². The fraction of sp³-hybridized carbons (Fsp3) is 0.190. The zero-order chi connectivity index (χ0) is 20.4. The highest BCUT2D eigenvalue weighted by atomic mass is 32.2. The molecule has 7 nitrogen and oxygen atoms in total. The third-order valence-corrected chi connectivity index (χ3v) is 5.05.